The molecule has 0 aliphatic rings. The zero-order valence-corrected chi connectivity index (χ0v) is 11.7. The number of nitrogens with zero attached hydrogens (tertiary/aromatic N) is 1. The third-order valence-electron chi connectivity index (χ3n) is 2.70. The van der Waals surface area contributed by atoms with Gasteiger partial charge in [-0.2, -0.15) is 0 Å². The third kappa shape index (κ3) is 2.43. The number of aromatic hydroxyl groups is 1. The van der Waals surface area contributed by atoms with Gasteiger partial charge in [0, 0.05) is 16.3 Å². The third-order valence-corrected chi connectivity index (χ3v) is 4.54. The van der Waals surface area contributed by atoms with E-state index in [0.29, 0.717) is 0 Å². The van der Waals surface area contributed by atoms with Crippen molar-refractivity contribution in [3.63, 3.8) is 0 Å². The normalized spacial score (nSPS) is 10.6. The van der Waals surface area contributed by atoms with Gasteiger partial charge in [-0.15, -0.1) is 22.7 Å². The summed E-state index contributed by atoms with van der Waals surface area (Å²) in [7, 11) is 0. The molecule has 2 aromatic heterocycles. The maximum absolute atomic E-state index is 10.9. The van der Waals surface area contributed by atoms with Gasteiger partial charge >= 0.3 is 5.97 Å². The molecule has 0 amide bonds. The Morgan fingerprint density at radius 2 is 2.00 bits per heavy atom. The van der Waals surface area contributed by atoms with Gasteiger partial charge in [-0.3, -0.25) is 0 Å². The zero-order valence-electron chi connectivity index (χ0n) is 10.1. The number of aromatic nitrogens is 1. The van der Waals surface area contributed by atoms with Crippen molar-refractivity contribution in [2.24, 2.45) is 0 Å². The summed E-state index contributed by atoms with van der Waals surface area (Å²) in [6.45, 7) is 0. The Kier molecular flexibility index (Phi) is 3.25. The minimum Gasteiger partial charge on any atom is -0.508 e. The van der Waals surface area contributed by atoms with Crippen molar-refractivity contribution in [1.82, 2.24) is 4.98 Å². The Labute approximate surface area is 122 Å². The van der Waals surface area contributed by atoms with E-state index in [1.165, 1.54) is 22.7 Å². The molecule has 2 N–H and O–H groups in total. The summed E-state index contributed by atoms with van der Waals surface area (Å²) < 4.78 is 0. The molecule has 0 spiro atoms. The molecule has 4 nitrogen and oxygen atoms in total. The highest BCUT2D eigenvalue weighted by Gasteiger charge is 2.11. The summed E-state index contributed by atoms with van der Waals surface area (Å²) >= 11 is 2.82. The first kappa shape index (κ1) is 12.8. The van der Waals surface area contributed by atoms with Gasteiger partial charge in [-0.1, -0.05) is 12.1 Å². The van der Waals surface area contributed by atoms with Gasteiger partial charge in [-0.05, 0) is 18.2 Å². The predicted octanol–water partition coefficient (Wildman–Crippen LogP) is 3.94. The van der Waals surface area contributed by atoms with Crippen LogP contribution < -0.4 is 0 Å². The average Bonchev–Trinajstić information content (AvgIpc) is 3.08. The summed E-state index contributed by atoms with van der Waals surface area (Å²) in [6.07, 6.45) is 0. The van der Waals surface area contributed by atoms with Crippen molar-refractivity contribution < 1.29 is 15.0 Å². The highest BCUT2D eigenvalue weighted by molar-refractivity contribution is 7.15. The smallest absolute Gasteiger partial charge is 0.336 e. The molecule has 20 heavy (non-hydrogen) atoms. The predicted molar refractivity (Wildman–Crippen MR) is 79.5 cm³/mol. The van der Waals surface area contributed by atoms with Crippen molar-refractivity contribution >= 4 is 28.6 Å². The minimum absolute atomic E-state index is 0.198. The molecule has 0 aliphatic carbocycles. The summed E-state index contributed by atoms with van der Waals surface area (Å²) in [5.74, 6) is -0.737. The van der Waals surface area contributed by atoms with E-state index < -0.39 is 5.97 Å². The van der Waals surface area contributed by atoms with E-state index in [0.717, 1.165) is 21.1 Å². The van der Waals surface area contributed by atoms with Crippen LogP contribution in [0.15, 0.2) is 41.1 Å². The lowest BCUT2D eigenvalue weighted by molar-refractivity contribution is 0.0697. The monoisotopic (exact) mass is 303 g/mol. The number of rotatable bonds is 3. The van der Waals surface area contributed by atoms with Crippen LogP contribution in [-0.2, 0) is 0 Å². The van der Waals surface area contributed by atoms with Gasteiger partial charge in [0.05, 0.1) is 16.1 Å². The molecule has 3 aromatic rings. The molecule has 0 saturated carbocycles. The van der Waals surface area contributed by atoms with Gasteiger partial charge < -0.3 is 10.2 Å². The first-order valence-electron chi connectivity index (χ1n) is 5.70. The zero-order chi connectivity index (χ0) is 14.1. The lowest BCUT2D eigenvalue weighted by Crippen LogP contribution is -1.91. The molecular formula is C14H9NO3S2. The fourth-order valence-corrected chi connectivity index (χ4v) is 3.48. The number of thiophene rings is 1. The van der Waals surface area contributed by atoms with Crippen molar-refractivity contribution in [2.75, 3.05) is 0 Å². The molecule has 0 saturated heterocycles. The molecule has 0 atom stereocenters. The topological polar surface area (TPSA) is 70.4 Å². The lowest BCUT2D eigenvalue weighted by atomic mass is 10.2. The van der Waals surface area contributed by atoms with Crippen LogP contribution in [0.25, 0.3) is 21.1 Å². The second-order valence-corrected chi connectivity index (χ2v) is 5.86. The number of phenolic OH excluding ortho intramolecular Hbond substituents is 1. The number of benzene rings is 1. The first-order valence-corrected chi connectivity index (χ1v) is 7.46. The van der Waals surface area contributed by atoms with Crippen molar-refractivity contribution in [2.45, 2.75) is 0 Å². The maximum Gasteiger partial charge on any atom is 0.336 e. The molecule has 1 aromatic carbocycles. The van der Waals surface area contributed by atoms with E-state index in [1.54, 1.807) is 29.6 Å². The van der Waals surface area contributed by atoms with Crippen LogP contribution in [0.3, 0.4) is 0 Å². The van der Waals surface area contributed by atoms with Crippen molar-refractivity contribution in [3.05, 3.63) is 46.7 Å². The van der Waals surface area contributed by atoms with E-state index in [4.69, 9.17) is 5.11 Å². The molecule has 0 unspecified atom stereocenters. The quantitative estimate of drug-likeness (QED) is 0.768. The standard InChI is InChI=1S/C14H9NO3S2/c16-10-3-1-2-8(4-10)13-15-11(7-20-13)12-5-9(6-19-12)14(17)18/h1-7,16H,(H,17,18). The number of hydrogen-bond donors (Lipinski definition) is 2. The average molecular weight is 303 g/mol. The molecular weight excluding hydrogens is 294 g/mol. The van der Waals surface area contributed by atoms with E-state index in [-0.39, 0.29) is 11.3 Å². The largest absolute Gasteiger partial charge is 0.508 e. The molecule has 0 aliphatic heterocycles. The van der Waals surface area contributed by atoms with E-state index in [1.807, 2.05) is 11.4 Å². The number of carbonyl (C=O) groups is 1. The number of carboxylic acid groups (broad SMARTS) is 1. The van der Waals surface area contributed by atoms with Crippen molar-refractivity contribution in [3.8, 4) is 26.9 Å². The summed E-state index contributed by atoms with van der Waals surface area (Å²) in [6, 6.07) is 8.52. The molecule has 100 valence electrons. The SMILES string of the molecule is O=C(O)c1csc(-c2csc(-c3cccc(O)c3)n2)c1. The Bertz CT molecular complexity index is 776. The van der Waals surface area contributed by atoms with Gasteiger partial charge in [0.1, 0.15) is 10.8 Å². The van der Waals surface area contributed by atoms with Crippen LogP contribution in [0.1, 0.15) is 10.4 Å². The van der Waals surface area contributed by atoms with Crippen LogP contribution in [0, 0.1) is 0 Å². The lowest BCUT2D eigenvalue weighted by Gasteiger charge is -1.96. The molecule has 6 heteroatoms. The van der Waals surface area contributed by atoms with E-state index in [9.17, 15) is 9.90 Å². The number of thiazole rings is 1. The van der Waals surface area contributed by atoms with E-state index >= 15 is 0 Å². The van der Waals surface area contributed by atoms with Crippen LogP contribution >= 0.6 is 22.7 Å². The Balaban J connectivity index is 1.95. The van der Waals surface area contributed by atoms with Crippen LogP contribution in [0.4, 0.5) is 0 Å². The second-order valence-electron chi connectivity index (χ2n) is 4.09. The fraction of sp³-hybridized carbons (Fsp3) is 0. The second kappa shape index (κ2) is 5.07. The Morgan fingerprint density at radius 3 is 2.70 bits per heavy atom. The van der Waals surface area contributed by atoms with Crippen LogP contribution in [0.2, 0.25) is 0 Å². The number of carboxylic acids is 1. The number of aromatic carboxylic acids is 1. The van der Waals surface area contributed by atoms with Crippen LogP contribution in [-0.4, -0.2) is 21.2 Å². The molecule has 0 radical (unpaired) electrons. The summed E-state index contributed by atoms with van der Waals surface area (Å²) in [4.78, 5) is 16.2. The molecule has 2 heterocycles. The number of phenols is 1. The van der Waals surface area contributed by atoms with Gasteiger partial charge in [-0.25, -0.2) is 9.78 Å². The summed E-state index contributed by atoms with van der Waals surface area (Å²) in [5.41, 5.74) is 1.87. The van der Waals surface area contributed by atoms with Crippen molar-refractivity contribution in [1.29, 1.82) is 0 Å². The van der Waals surface area contributed by atoms with E-state index in [2.05, 4.69) is 4.98 Å². The fourth-order valence-electron chi connectivity index (χ4n) is 1.74. The molecule has 0 bridgehead atoms. The van der Waals surface area contributed by atoms with Gasteiger partial charge in [0.2, 0.25) is 0 Å². The molecule has 0 fully saturated rings. The Morgan fingerprint density at radius 1 is 1.15 bits per heavy atom. The maximum atomic E-state index is 10.9. The molecule has 3 rings (SSSR count). The Hall–Kier alpha value is -2.18. The first-order chi connectivity index (χ1) is 9.63. The minimum atomic E-state index is -0.934. The highest BCUT2D eigenvalue weighted by Crippen LogP contribution is 2.33. The van der Waals surface area contributed by atoms with Gasteiger partial charge in [0.15, 0.2) is 0 Å². The number of hydrogen-bond acceptors (Lipinski definition) is 5. The van der Waals surface area contributed by atoms with Gasteiger partial charge in [0.25, 0.3) is 0 Å². The highest BCUT2D eigenvalue weighted by atomic mass is 32.1. The summed E-state index contributed by atoms with van der Waals surface area (Å²) in [5, 5.41) is 22.7. The van der Waals surface area contributed by atoms with Crippen LogP contribution in [0.5, 0.6) is 5.75 Å².